The molecule has 0 bridgehead atoms. The zero-order valence-corrected chi connectivity index (χ0v) is 14.1. The van der Waals surface area contributed by atoms with Crippen molar-refractivity contribution in [2.75, 3.05) is 6.54 Å². The smallest absolute Gasteiger partial charge is 0.273 e. The maximum Gasteiger partial charge on any atom is 0.273 e. The van der Waals surface area contributed by atoms with Gasteiger partial charge in [0.1, 0.15) is 6.54 Å². The van der Waals surface area contributed by atoms with Crippen molar-refractivity contribution in [3.63, 3.8) is 0 Å². The van der Waals surface area contributed by atoms with Gasteiger partial charge in [0.25, 0.3) is 5.91 Å². The molecule has 0 aliphatic heterocycles. The number of carbonyl (C=O) groups excluding carboxylic acids is 1. The number of amides is 1. The van der Waals surface area contributed by atoms with Gasteiger partial charge in [-0.2, -0.15) is 5.10 Å². The van der Waals surface area contributed by atoms with Crippen LogP contribution in [0.4, 0.5) is 0 Å². The molecular formula is C18H20N4O3. The molecule has 1 unspecified atom stereocenters. The number of aliphatic hydroxyl groups is 1. The standard InChI is InChI=1S/C18H20N4O3/c1-12-3-5-14(6-4-12)17(23)9-19-18(24)16-7-15(25-21-16)11-22-10-13(2)8-20-22/h3-8,10,17,23H,9,11H2,1-2H3,(H,19,24). The Kier molecular flexibility index (Phi) is 4.95. The molecule has 0 aliphatic carbocycles. The lowest BCUT2D eigenvalue weighted by Gasteiger charge is -2.11. The number of benzene rings is 1. The van der Waals surface area contributed by atoms with Crippen LogP contribution >= 0.6 is 0 Å². The monoisotopic (exact) mass is 340 g/mol. The predicted octanol–water partition coefficient (Wildman–Crippen LogP) is 2.00. The molecule has 1 atom stereocenters. The van der Waals surface area contributed by atoms with Gasteiger partial charge in [0.15, 0.2) is 11.5 Å². The minimum atomic E-state index is -0.775. The number of aryl methyl sites for hydroxylation is 2. The van der Waals surface area contributed by atoms with E-state index in [-0.39, 0.29) is 12.2 Å². The van der Waals surface area contributed by atoms with Gasteiger partial charge in [0.2, 0.25) is 0 Å². The van der Waals surface area contributed by atoms with Crippen molar-refractivity contribution >= 4 is 5.91 Å². The van der Waals surface area contributed by atoms with E-state index in [9.17, 15) is 9.90 Å². The van der Waals surface area contributed by atoms with Gasteiger partial charge >= 0.3 is 0 Å². The summed E-state index contributed by atoms with van der Waals surface area (Å²) in [6.45, 7) is 4.43. The van der Waals surface area contributed by atoms with E-state index in [1.54, 1.807) is 16.9 Å². The molecule has 3 aromatic rings. The third-order valence-electron chi connectivity index (χ3n) is 3.79. The van der Waals surface area contributed by atoms with Crippen LogP contribution in [0.25, 0.3) is 0 Å². The highest BCUT2D eigenvalue weighted by molar-refractivity contribution is 5.92. The van der Waals surface area contributed by atoms with E-state index < -0.39 is 12.0 Å². The summed E-state index contributed by atoms with van der Waals surface area (Å²) < 4.78 is 6.88. The number of carbonyl (C=O) groups is 1. The number of nitrogens with zero attached hydrogens (tertiary/aromatic N) is 3. The third-order valence-corrected chi connectivity index (χ3v) is 3.79. The molecule has 3 rings (SSSR count). The summed E-state index contributed by atoms with van der Waals surface area (Å²) in [7, 11) is 0. The summed E-state index contributed by atoms with van der Waals surface area (Å²) in [4.78, 5) is 12.1. The molecule has 1 amide bonds. The maximum absolute atomic E-state index is 12.1. The minimum Gasteiger partial charge on any atom is -0.387 e. The van der Waals surface area contributed by atoms with Crippen LogP contribution in [-0.2, 0) is 6.54 Å². The Labute approximate surface area is 145 Å². The normalized spacial score (nSPS) is 12.1. The molecule has 0 saturated heterocycles. The highest BCUT2D eigenvalue weighted by Gasteiger charge is 2.15. The Morgan fingerprint density at radius 1 is 1.28 bits per heavy atom. The van der Waals surface area contributed by atoms with E-state index >= 15 is 0 Å². The summed E-state index contributed by atoms with van der Waals surface area (Å²) in [5.41, 5.74) is 3.08. The van der Waals surface area contributed by atoms with Gasteiger partial charge < -0.3 is 14.9 Å². The molecule has 0 aliphatic rings. The van der Waals surface area contributed by atoms with Crippen LogP contribution in [0.5, 0.6) is 0 Å². The summed E-state index contributed by atoms with van der Waals surface area (Å²) in [5, 5.41) is 20.7. The van der Waals surface area contributed by atoms with Crippen LogP contribution in [0.1, 0.15) is 39.0 Å². The van der Waals surface area contributed by atoms with Crippen molar-refractivity contribution in [3.8, 4) is 0 Å². The van der Waals surface area contributed by atoms with Crippen molar-refractivity contribution < 1.29 is 14.4 Å². The molecule has 0 radical (unpaired) electrons. The lowest BCUT2D eigenvalue weighted by Crippen LogP contribution is -2.28. The first kappa shape index (κ1) is 16.9. The SMILES string of the molecule is Cc1ccc(C(O)CNC(=O)c2cc(Cn3cc(C)cn3)on2)cc1. The highest BCUT2D eigenvalue weighted by atomic mass is 16.5. The van der Waals surface area contributed by atoms with Gasteiger partial charge in [-0.25, -0.2) is 0 Å². The number of aliphatic hydroxyl groups excluding tert-OH is 1. The highest BCUT2D eigenvalue weighted by Crippen LogP contribution is 2.13. The van der Waals surface area contributed by atoms with E-state index in [0.29, 0.717) is 12.3 Å². The second-order valence-electron chi connectivity index (χ2n) is 6.03. The predicted molar refractivity (Wildman–Crippen MR) is 91.0 cm³/mol. The van der Waals surface area contributed by atoms with Crippen molar-refractivity contribution in [1.29, 1.82) is 0 Å². The zero-order valence-electron chi connectivity index (χ0n) is 14.1. The topological polar surface area (TPSA) is 93.2 Å². The van der Waals surface area contributed by atoms with Crippen LogP contribution < -0.4 is 5.32 Å². The van der Waals surface area contributed by atoms with Gasteiger partial charge in [-0.3, -0.25) is 9.48 Å². The Morgan fingerprint density at radius 2 is 2.04 bits per heavy atom. The van der Waals surface area contributed by atoms with E-state index in [1.807, 2.05) is 44.3 Å². The van der Waals surface area contributed by atoms with Gasteiger partial charge in [-0.05, 0) is 25.0 Å². The number of hydrogen-bond acceptors (Lipinski definition) is 5. The first-order valence-electron chi connectivity index (χ1n) is 7.99. The second-order valence-corrected chi connectivity index (χ2v) is 6.03. The number of rotatable bonds is 6. The first-order chi connectivity index (χ1) is 12.0. The maximum atomic E-state index is 12.1. The van der Waals surface area contributed by atoms with Crippen molar-refractivity contribution in [3.05, 3.63) is 70.9 Å². The lowest BCUT2D eigenvalue weighted by molar-refractivity contribution is 0.0907. The van der Waals surface area contributed by atoms with Gasteiger partial charge in [-0.1, -0.05) is 35.0 Å². The molecule has 0 spiro atoms. The van der Waals surface area contributed by atoms with Crippen molar-refractivity contribution in [2.45, 2.75) is 26.5 Å². The minimum absolute atomic E-state index is 0.0996. The molecule has 1 aromatic carbocycles. The van der Waals surface area contributed by atoms with Gasteiger partial charge in [-0.15, -0.1) is 0 Å². The first-order valence-corrected chi connectivity index (χ1v) is 7.99. The number of nitrogens with one attached hydrogen (secondary N) is 1. The zero-order chi connectivity index (χ0) is 17.8. The van der Waals surface area contributed by atoms with Crippen LogP contribution in [0.15, 0.2) is 47.2 Å². The van der Waals surface area contributed by atoms with Crippen molar-refractivity contribution in [1.82, 2.24) is 20.3 Å². The Balaban J connectivity index is 1.55. The summed E-state index contributed by atoms with van der Waals surface area (Å²) >= 11 is 0. The molecule has 2 heterocycles. The fourth-order valence-electron chi connectivity index (χ4n) is 2.39. The largest absolute Gasteiger partial charge is 0.387 e. The second kappa shape index (κ2) is 7.31. The molecule has 130 valence electrons. The van der Waals surface area contributed by atoms with Crippen LogP contribution in [0.3, 0.4) is 0 Å². The Morgan fingerprint density at radius 3 is 2.72 bits per heavy atom. The quantitative estimate of drug-likeness (QED) is 0.716. The molecule has 0 fully saturated rings. The lowest BCUT2D eigenvalue weighted by atomic mass is 10.1. The number of hydrogen-bond donors (Lipinski definition) is 2. The molecule has 7 nitrogen and oxygen atoms in total. The molecule has 2 N–H and O–H groups in total. The summed E-state index contributed by atoms with van der Waals surface area (Å²) in [6.07, 6.45) is 2.85. The number of aromatic nitrogens is 3. The van der Waals surface area contributed by atoms with Crippen molar-refractivity contribution in [2.24, 2.45) is 0 Å². The van der Waals surface area contributed by atoms with Crippen LogP contribution in [-0.4, -0.2) is 32.5 Å². The Bertz CT molecular complexity index is 851. The van der Waals surface area contributed by atoms with E-state index in [2.05, 4.69) is 15.6 Å². The fraction of sp³-hybridized carbons (Fsp3) is 0.278. The van der Waals surface area contributed by atoms with E-state index in [1.165, 1.54) is 0 Å². The Hall–Kier alpha value is -2.93. The average molecular weight is 340 g/mol. The molecule has 7 heteroatoms. The molecule has 25 heavy (non-hydrogen) atoms. The average Bonchev–Trinajstić information content (AvgIpc) is 3.22. The fourth-order valence-corrected chi connectivity index (χ4v) is 2.39. The molecular weight excluding hydrogens is 320 g/mol. The summed E-state index contributed by atoms with van der Waals surface area (Å²) in [6, 6.07) is 9.09. The third kappa shape index (κ3) is 4.33. The van der Waals surface area contributed by atoms with Gasteiger partial charge in [0, 0.05) is 18.8 Å². The van der Waals surface area contributed by atoms with E-state index in [0.717, 1.165) is 16.7 Å². The summed E-state index contributed by atoms with van der Waals surface area (Å²) in [5.74, 6) is 0.144. The van der Waals surface area contributed by atoms with Crippen LogP contribution in [0, 0.1) is 13.8 Å². The van der Waals surface area contributed by atoms with Crippen LogP contribution in [0.2, 0.25) is 0 Å². The van der Waals surface area contributed by atoms with Gasteiger partial charge in [0.05, 0.1) is 12.3 Å². The molecule has 0 saturated carbocycles. The molecule has 2 aromatic heterocycles. The van der Waals surface area contributed by atoms with E-state index in [4.69, 9.17) is 4.52 Å².